The molecule has 0 saturated carbocycles. The van der Waals surface area contributed by atoms with Crippen molar-refractivity contribution in [1.29, 1.82) is 0 Å². The highest BCUT2D eigenvalue weighted by atomic mass is 35.5. The summed E-state index contributed by atoms with van der Waals surface area (Å²) in [4.78, 5) is 10.9. The van der Waals surface area contributed by atoms with Gasteiger partial charge in [0.1, 0.15) is 5.82 Å². The molecule has 1 aromatic carbocycles. The van der Waals surface area contributed by atoms with Gasteiger partial charge in [-0.1, -0.05) is 11.6 Å². The second-order valence-electron chi connectivity index (χ2n) is 2.56. The van der Waals surface area contributed by atoms with Gasteiger partial charge < -0.3 is 11.5 Å². The van der Waals surface area contributed by atoms with Crippen molar-refractivity contribution in [2.24, 2.45) is 5.73 Å². The maximum atomic E-state index is 13.0. The second kappa shape index (κ2) is 4.52. The summed E-state index contributed by atoms with van der Waals surface area (Å²) in [6, 6.07) is 2.49. The van der Waals surface area contributed by atoms with Crippen LogP contribution < -0.4 is 11.5 Å². The number of hydrogen-bond donors (Lipinski definition) is 2. The molecular formula is C8H8ClFN2OS. The monoisotopic (exact) mass is 234 g/mol. The van der Waals surface area contributed by atoms with E-state index in [0.717, 1.165) is 11.8 Å². The molecule has 6 heteroatoms. The van der Waals surface area contributed by atoms with Crippen molar-refractivity contribution in [2.75, 3.05) is 11.5 Å². The number of nitrogens with two attached hydrogens (primary N) is 2. The number of amides is 1. The molecule has 0 aromatic heterocycles. The fraction of sp³-hybridized carbons (Fsp3) is 0.125. The lowest BCUT2D eigenvalue weighted by Crippen LogP contribution is -2.13. The van der Waals surface area contributed by atoms with Crippen LogP contribution in [0.15, 0.2) is 17.0 Å². The number of primary amides is 1. The average Bonchev–Trinajstić information content (AvgIpc) is 2.09. The van der Waals surface area contributed by atoms with E-state index >= 15 is 0 Å². The van der Waals surface area contributed by atoms with Crippen molar-refractivity contribution in [3.8, 4) is 0 Å². The van der Waals surface area contributed by atoms with Crippen molar-refractivity contribution < 1.29 is 9.18 Å². The summed E-state index contributed by atoms with van der Waals surface area (Å²) in [7, 11) is 0. The fourth-order valence-electron chi connectivity index (χ4n) is 0.818. The molecule has 76 valence electrons. The maximum Gasteiger partial charge on any atom is 0.227 e. The van der Waals surface area contributed by atoms with Gasteiger partial charge in [-0.05, 0) is 12.1 Å². The van der Waals surface area contributed by atoms with Crippen molar-refractivity contribution >= 4 is 35.0 Å². The van der Waals surface area contributed by atoms with Gasteiger partial charge in [0, 0.05) is 10.6 Å². The number of rotatable bonds is 3. The maximum absolute atomic E-state index is 13.0. The number of halogens is 2. The quantitative estimate of drug-likeness (QED) is 0.617. The van der Waals surface area contributed by atoms with E-state index in [2.05, 4.69) is 0 Å². The van der Waals surface area contributed by atoms with Crippen LogP contribution in [0.1, 0.15) is 0 Å². The summed E-state index contributed by atoms with van der Waals surface area (Å²) >= 11 is 6.57. The van der Waals surface area contributed by atoms with Crippen molar-refractivity contribution in [1.82, 2.24) is 0 Å². The Morgan fingerprint density at radius 2 is 2.21 bits per heavy atom. The molecule has 0 aliphatic carbocycles. The molecule has 1 aromatic rings. The lowest BCUT2D eigenvalue weighted by Gasteiger charge is -2.04. The zero-order valence-electron chi connectivity index (χ0n) is 7.09. The van der Waals surface area contributed by atoms with Crippen LogP contribution in [0.25, 0.3) is 0 Å². The van der Waals surface area contributed by atoms with Gasteiger partial charge in [-0.3, -0.25) is 4.79 Å². The molecule has 0 bridgehead atoms. The van der Waals surface area contributed by atoms with E-state index in [4.69, 9.17) is 23.1 Å². The van der Waals surface area contributed by atoms with Gasteiger partial charge in [0.15, 0.2) is 0 Å². The zero-order chi connectivity index (χ0) is 10.7. The molecule has 0 aliphatic rings. The molecule has 14 heavy (non-hydrogen) atoms. The molecular weight excluding hydrogens is 227 g/mol. The molecule has 3 nitrogen and oxygen atoms in total. The Morgan fingerprint density at radius 3 is 2.79 bits per heavy atom. The third-order valence-electron chi connectivity index (χ3n) is 1.42. The first-order valence-corrected chi connectivity index (χ1v) is 5.02. The van der Waals surface area contributed by atoms with Gasteiger partial charge >= 0.3 is 0 Å². The van der Waals surface area contributed by atoms with Gasteiger partial charge in [-0.2, -0.15) is 0 Å². The predicted octanol–water partition coefficient (Wildman–Crippen LogP) is 1.64. The summed E-state index contributed by atoms with van der Waals surface area (Å²) in [5.74, 6) is -0.983. The van der Waals surface area contributed by atoms with Gasteiger partial charge in [-0.25, -0.2) is 4.39 Å². The highest BCUT2D eigenvalue weighted by Gasteiger charge is 2.07. The molecule has 0 unspecified atom stereocenters. The van der Waals surface area contributed by atoms with Gasteiger partial charge in [0.05, 0.1) is 10.8 Å². The summed E-state index contributed by atoms with van der Waals surface area (Å²) in [5, 5.41) is -0.0362. The van der Waals surface area contributed by atoms with E-state index in [1.165, 1.54) is 12.1 Å². The molecule has 4 N–H and O–H groups in total. The molecule has 0 atom stereocenters. The topological polar surface area (TPSA) is 69.1 Å². The van der Waals surface area contributed by atoms with Gasteiger partial charge in [0.2, 0.25) is 5.91 Å². The van der Waals surface area contributed by atoms with E-state index in [0.29, 0.717) is 10.6 Å². The lowest BCUT2D eigenvalue weighted by atomic mass is 10.3. The Hall–Kier alpha value is -0.940. The number of nitrogen functional groups attached to an aromatic ring is 1. The molecule has 0 radical (unpaired) electrons. The third-order valence-corrected chi connectivity index (χ3v) is 2.81. The Balaban J connectivity index is 2.87. The van der Waals surface area contributed by atoms with Gasteiger partial charge in [0.25, 0.3) is 0 Å². The number of carbonyl (C=O) groups excluding carboxylic acids is 1. The highest BCUT2D eigenvalue weighted by Crippen LogP contribution is 2.29. The van der Waals surface area contributed by atoms with Crippen LogP contribution in [0.5, 0.6) is 0 Å². The minimum Gasteiger partial charge on any atom is -0.398 e. The van der Waals surface area contributed by atoms with Crippen LogP contribution in [0.3, 0.4) is 0 Å². The van der Waals surface area contributed by atoms with Crippen molar-refractivity contribution in [3.05, 3.63) is 23.0 Å². The van der Waals surface area contributed by atoms with Crippen LogP contribution in [0.2, 0.25) is 5.02 Å². The summed E-state index contributed by atoms with van der Waals surface area (Å²) in [6.45, 7) is 0. The average molecular weight is 235 g/mol. The van der Waals surface area contributed by atoms with E-state index in [-0.39, 0.29) is 10.8 Å². The molecule has 0 heterocycles. The molecule has 0 fully saturated rings. The largest absolute Gasteiger partial charge is 0.398 e. The lowest BCUT2D eigenvalue weighted by molar-refractivity contribution is -0.115. The first kappa shape index (κ1) is 11.1. The minimum atomic E-state index is -0.562. The van der Waals surface area contributed by atoms with Crippen LogP contribution in [-0.4, -0.2) is 11.7 Å². The molecule has 1 rings (SSSR count). The first-order chi connectivity index (χ1) is 6.50. The van der Waals surface area contributed by atoms with Gasteiger partial charge in [-0.15, -0.1) is 11.8 Å². The standard InChI is InChI=1S/C8H8ClFN2OS/c9-4-1-6(11)7(2-5(4)10)14-3-8(12)13/h1-2H,3,11H2,(H2,12,13). The number of anilines is 1. The fourth-order valence-corrected chi connectivity index (χ4v) is 1.70. The second-order valence-corrected chi connectivity index (χ2v) is 3.98. The predicted molar refractivity (Wildman–Crippen MR) is 55.7 cm³/mol. The third kappa shape index (κ3) is 2.78. The summed E-state index contributed by atoms with van der Waals surface area (Å²) in [5.41, 5.74) is 10.8. The van der Waals surface area contributed by atoms with Crippen LogP contribution in [0.4, 0.5) is 10.1 Å². The molecule has 0 aliphatic heterocycles. The Labute approximate surface area is 89.6 Å². The SMILES string of the molecule is NC(=O)CSc1cc(F)c(Cl)cc1N. The van der Waals surface area contributed by atoms with Crippen molar-refractivity contribution in [2.45, 2.75) is 4.90 Å². The van der Waals surface area contributed by atoms with Crippen LogP contribution >= 0.6 is 23.4 Å². The molecule has 0 spiro atoms. The molecule has 0 saturated heterocycles. The number of carbonyl (C=O) groups is 1. The summed E-state index contributed by atoms with van der Waals surface area (Å²) < 4.78 is 13.0. The van der Waals surface area contributed by atoms with E-state index in [9.17, 15) is 9.18 Å². The van der Waals surface area contributed by atoms with E-state index in [1.54, 1.807) is 0 Å². The molecule has 1 amide bonds. The Bertz CT molecular complexity index is 373. The zero-order valence-corrected chi connectivity index (χ0v) is 8.66. The normalized spacial score (nSPS) is 10.1. The Kier molecular flexibility index (Phi) is 3.60. The van der Waals surface area contributed by atoms with E-state index < -0.39 is 11.7 Å². The number of hydrogen-bond acceptors (Lipinski definition) is 3. The Morgan fingerprint density at radius 1 is 1.57 bits per heavy atom. The van der Waals surface area contributed by atoms with E-state index in [1.807, 2.05) is 0 Å². The summed E-state index contributed by atoms with van der Waals surface area (Å²) in [6.07, 6.45) is 0. The number of benzene rings is 1. The smallest absolute Gasteiger partial charge is 0.227 e. The van der Waals surface area contributed by atoms with Crippen LogP contribution in [-0.2, 0) is 4.79 Å². The van der Waals surface area contributed by atoms with Crippen LogP contribution in [0, 0.1) is 5.82 Å². The first-order valence-electron chi connectivity index (χ1n) is 3.66. The highest BCUT2D eigenvalue weighted by molar-refractivity contribution is 8.00. The number of thioether (sulfide) groups is 1. The minimum absolute atomic E-state index is 0.0362. The van der Waals surface area contributed by atoms with Crippen molar-refractivity contribution in [3.63, 3.8) is 0 Å².